The van der Waals surface area contributed by atoms with Gasteiger partial charge in [0.15, 0.2) is 6.29 Å². The van der Waals surface area contributed by atoms with Gasteiger partial charge in [0.1, 0.15) is 0 Å². The number of ether oxygens (including phenoxy) is 1. The third-order valence-corrected chi connectivity index (χ3v) is 2.75. The Kier molecular flexibility index (Phi) is 6.20. The second kappa shape index (κ2) is 7.70. The molecule has 0 bridgehead atoms. The Morgan fingerprint density at radius 1 is 1.50 bits per heavy atom. The van der Waals surface area contributed by atoms with Crippen molar-refractivity contribution in [1.29, 1.82) is 5.26 Å². The molecule has 1 aromatic rings. The van der Waals surface area contributed by atoms with E-state index >= 15 is 0 Å². The van der Waals surface area contributed by atoms with Crippen molar-refractivity contribution in [1.82, 2.24) is 0 Å². The third kappa shape index (κ3) is 4.02. The van der Waals surface area contributed by atoms with Crippen molar-refractivity contribution in [2.24, 2.45) is 0 Å². The lowest BCUT2D eigenvalue weighted by molar-refractivity contribution is 0.112. The number of methoxy groups -OCH3 is 1. The molecule has 0 radical (unpaired) electrons. The largest absolute Gasteiger partial charge is 0.383 e. The first-order valence-corrected chi connectivity index (χ1v) is 5.96. The van der Waals surface area contributed by atoms with Crippen LogP contribution in [0.4, 0.5) is 5.69 Å². The second-order valence-corrected chi connectivity index (χ2v) is 4.15. The number of carbonyl (C=O) groups excluding carboxylic acids is 1. The molecule has 0 aliphatic rings. The highest BCUT2D eigenvalue weighted by Gasteiger charge is 2.11. The van der Waals surface area contributed by atoms with Gasteiger partial charge in [0.2, 0.25) is 0 Å². The fourth-order valence-corrected chi connectivity index (χ4v) is 1.83. The van der Waals surface area contributed by atoms with Crippen LogP contribution in [-0.2, 0) is 4.74 Å². The maximum absolute atomic E-state index is 11.1. The number of rotatable bonds is 7. The van der Waals surface area contributed by atoms with Crippen molar-refractivity contribution in [2.45, 2.75) is 6.42 Å². The average molecular weight is 267 g/mol. The Bertz CT molecular complexity index is 443. The standard InChI is InChI=1S/C13H15ClN2O2/c1-18-8-7-16(6-2-5-15)13-4-3-12(14)9-11(13)10-17/h3-4,9-10H,2,6-8H2,1H3. The van der Waals surface area contributed by atoms with E-state index in [4.69, 9.17) is 21.6 Å². The van der Waals surface area contributed by atoms with Crippen LogP contribution in [0.1, 0.15) is 16.8 Å². The highest BCUT2D eigenvalue weighted by atomic mass is 35.5. The van der Waals surface area contributed by atoms with Crippen LogP contribution in [0.15, 0.2) is 18.2 Å². The summed E-state index contributed by atoms with van der Waals surface area (Å²) in [6, 6.07) is 7.24. The van der Waals surface area contributed by atoms with Crippen molar-refractivity contribution in [3.63, 3.8) is 0 Å². The van der Waals surface area contributed by atoms with Gasteiger partial charge in [-0.1, -0.05) is 11.6 Å². The Labute approximate surface area is 112 Å². The lowest BCUT2D eigenvalue weighted by atomic mass is 10.1. The first-order chi connectivity index (χ1) is 8.72. The number of hydrogen-bond acceptors (Lipinski definition) is 4. The van der Waals surface area contributed by atoms with Gasteiger partial charge in [0.25, 0.3) is 0 Å². The van der Waals surface area contributed by atoms with Gasteiger partial charge in [0.05, 0.1) is 19.1 Å². The maximum Gasteiger partial charge on any atom is 0.152 e. The summed E-state index contributed by atoms with van der Waals surface area (Å²) in [6.45, 7) is 1.72. The summed E-state index contributed by atoms with van der Waals surface area (Å²) in [6.07, 6.45) is 1.16. The molecule has 0 N–H and O–H groups in total. The van der Waals surface area contributed by atoms with Crippen LogP contribution in [0.2, 0.25) is 5.02 Å². The van der Waals surface area contributed by atoms with Crippen LogP contribution in [0, 0.1) is 11.3 Å². The molecule has 1 aromatic carbocycles. The Morgan fingerprint density at radius 2 is 2.28 bits per heavy atom. The highest BCUT2D eigenvalue weighted by Crippen LogP contribution is 2.23. The molecule has 0 unspecified atom stereocenters. The molecule has 1 rings (SSSR count). The number of aldehydes is 1. The molecule has 0 aliphatic heterocycles. The van der Waals surface area contributed by atoms with Crippen molar-refractivity contribution in [3.05, 3.63) is 28.8 Å². The van der Waals surface area contributed by atoms with Crippen LogP contribution >= 0.6 is 11.6 Å². The zero-order valence-corrected chi connectivity index (χ0v) is 11.0. The molecule has 0 saturated heterocycles. The third-order valence-electron chi connectivity index (χ3n) is 2.52. The van der Waals surface area contributed by atoms with Crippen LogP contribution in [-0.4, -0.2) is 33.1 Å². The molecular weight excluding hydrogens is 252 g/mol. The van der Waals surface area contributed by atoms with E-state index in [1.807, 2.05) is 4.90 Å². The van der Waals surface area contributed by atoms with E-state index < -0.39 is 0 Å². The van der Waals surface area contributed by atoms with Crippen LogP contribution in [0.25, 0.3) is 0 Å². The molecule has 0 amide bonds. The van der Waals surface area contributed by atoms with Crippen LogP contribution in [0.5, 0.6) is 0 Å². The monoisotopic (exact) mass is 266 g/mol. The van der Waals surface area contributed by atoms with Crippen molar-refractivity contribution in [3.8, 4) is 6.07 Å². The molecule has 0 aliphatic carbocycles. The molecular formula is C13H15ClN2O2. The van der Waals surface area contributed by atoms with E-state index in [0.717, 1.165) is 12.0 Å². The van der Waals surface area contributed by atoms with Gasteiger partial charge in [-0.15, -0.1) is 0 Å². The summed E-state index contributed by atoms with van der Waals surface area (Å²) in [5, 5.41) is 9.18. The Hall–Kier alpha value is -1.57. The minimum Gasteiger partial charge on any atom is -0.383 e. The predicted molar refractivity (Wildman–Crippen MR) is 71.2 cm³/mol. The lowest BCUT2D eigenvalue weighted by Crippen LogP contribution is -2.29. The minimum atomic E-state index is 0.393. The van der Waals surface area contributed by atoms with Crippen molar-refractivity contribution >= 4 is 23.6 Å². The second-order valence-electron chi connectivity index (χ2n) is 3.71. The zero-order chi connectivity index (χ0) is 13.4. The number of halogens is 1. The molecule has 0 aromatic heterocycles. The molecule has 0 saturated carbocycles. The van der Waals surface area contributed by atoms with Gasteiger partial charge < -0.3 is 9.64 Å². The quantitative estimate of drug-likeness (QED) is 0.712. The van der Waals surface area contributed by atoms with Gasteiger partial charge in [0, 0.05) is 36.5 Å². The van der Waals surface area contributed by atoms with Crippen LogP contribution < -0.4 is 4.90 Å². The van der Waals surface area contributed by atoms with E-state index in [1.165, 1.54) is 0 Å². The summed E-state index contributed by atoms with van der Waals surface area (Å²) >= 11 is 5.85. The van der Waals surface area contributed by atoms with Crippen LogP contribution in [0.3, 0.4) is 0 Å². The Balaban J connectivity index is 2.95. The first kappa shape index (κ1) is 14.5. The number of benzene rings is 1. The maximum atomic E-state index is 11.1. The van der Waals surface area contributed by atoms with E-state index in [0.29, 0.717) is 36.7 Å². The van der Waals surface area contributed by atoms with E-state index in [1.54, 1.807) is 25.3 Å². The summed E-state index contributed by atoms with van der Waals surface area (Å²) in [4.78, 5) is 13.0. The number of carbonyl (C=O) groups is 1. The van der Waals surface area contributed by atoms with Crippen molar-refractivity contribution < 1.29 is 9.53 Å². The predicted octanol–water partition coefficient (Wildman–Crippen LogP) is 2.52. The number of anilines is 1. The molecule has 0 heterocycles. The van der Waals surface area contributed by atoms with Gasteiger partial charge >= 0.3 is 0 Å². The molecule has 4 nitrogen and oxygen atoms in total. The normalized spacial score (nSPS) is 9.83. The minimum absolute atomic E-state index is 0.393. The van der Waals surface area contributed by atoms with Crippen molar-refractivity contribution in [2.75, 3.05) is 31.7 Å². The van der Waals surface area contributed by atoms with E-state index in [2.05, 4.69) is 6.07 Å². The van der Waals surface area contributed by atoms with E-state index in [9.17, 15) is 4.79 Å². The molecule has 96 valence electrons. The fraction of sp³-hybridized carbons (Fsp3) is 0.385. The van der Waals surface area contributed by atoms with E-state index in [-0.39, 0.29) is 0 Å². The average Bonchev–Trinajstić information content (AvgIpc) is 2.39. The smallest absolute Gasteiger partial charge is 0.152 e. The molecule has 0 atom stereocenters. The van der Waals surface area contributed by atoms with Gasteiger partial charge in [-0.05, 0) is 18.2 Å². The summed E-state index contributed by atoms with van der Waals surface area (Å²) in [7, 11) is 1.62. The molecule has 18 heavy (non-hydrogen) atoms. The summed E-state index contributed by atoms with van der Waals surface area (Å²) < 4.78 is 5.03. The summed E-state index contributed by atoms with van der Waals surface area (Å²) in [5.74, 6) is 0. The number of nitriles is 1. The molecule has 0 fully saturated rings. The summed E-state index contributed by atoms with van der Waals surface area (Å²) in [5.41, 5.74) is 1.30. The number of hydrogen-bond donors (Lipinski definition) is 0. The van der Waals surface area contributed by atoms with Gasteiger partial charge in [-0.2, -0.15) is 5.26 Å². The first-order valence-electron chi connectivity index (χ1n) is 5.58. The Morgan fingerprint density at radius 3 is 2.89 bits per heavy atom. The highest BCUT2D eigenvalue weighted by molar-refractivity contribution is 6.31. The fourth-order valence-electron chi connectivity index (χ4n) is 1.65. The lowest BCUT2D eigenvalue weighted by Gasteiger charge is -2.24. The van der Waals surface area contributed by atoms with Gasteiger partial charge in [-0.25, -0.2) is 0 Å². The molecule has 5 heteroatoms. The zero-order valence-electron chi connectivity index (χ0n) is 10.2. The molecule has 0 spiro atoms. The number of nitrogens with zero attached hydrogens (tertiary/aromatic N) is 2. The SMILES string of the molecule is COCCN(CCC#N)c1ccc(Cl)cc1C=O. The van der Waals surface area contributed by atoms with Gasteiger partial charge in [-0.3, -0.25) is 4.79 Å². The topological polar surface area (TPSA) is 53.3 Å².